The second-order valence-corrected chi connectivity index (χ2v) is 6.24. The molecular weight excluding hydrogens is 306 g/mol. The number of pyridine rings is 1. The van der Waals surface area contributed by atoms with Crippen molar-refractivity contribution < 1.29 is 4.79 Å². The number of nitrogens with zero attached hydrogens (tertiary/aromatic N) is 2. The van der Waals surface area contributed by atoms with Crippen LogP contribution in [0.1, 0.15) is 34.6 Å². The zero-order valence-electron chi connectivity index (χ0n) is 13.0. The van der Waals surface area contributed by atoms with Crippen molar-refractivity contribution in [1.29, 1.82) is 0 Å². The monoisotopic (exact) mass is 323 g/mol. The van der Waals surface area contributed by atoms with Crippen molar-refractivity contribution in [2.45, 2.75) is 19.9 Å². The predicted octanol–water partition coefficient (Wildman–Crippen LogP) is 4.00. The smallest absolute Gasteiger partial charge is 0.271 e. The summed E-state index contributed by atoms with van der Waals surface area (Å²) in [5, 5.41) is 5.61. The molecule has 0 aliphatic carbocycles. The molecule has 1 atom stereocenters. The Morgan fingerprint density at radius 1 is 1.13 bits per heavy atom. The van der Waals surface area contributed by atoms with Gasteiger partial charge in [0.25, 0.3) is 5.91 Å². The first kappa shape index (κ1) is 15.4. The van der Waals surface area contributed by atoms with E-state index < -0.39 is 0 Å². The van der Waals surface area contributed by atoms with Crippen molar-refractivity contribution in [3.05, 3.63) is 71.0 Å². The first-order valence-corrected chi connectivity index (χ1v) is 8.25. The summed E-state index contributed by atoms with van der Waals surface area (Å²) in [7, 11) is 0. The number of thiazole rings is 1. The fourth-order valence-corrected chi connectivity index (χ4v) is 3.02. The molecule has 1 unspecified atom stereocenters. The standard InChI is InChI=1S/C18H17N3OS/c1-12-3-5-15(6-4-12)18-21-16(11-23-18)17(22)20-13(2)14-7-9-19-10-8-14/h3-11,13H,1-2H3,(H,20,22). The maximum Gasteiger partial charge on any atom is 0.271 e. The van der Waals surface area contributed by atoms with Crippen molar-refractivity contribution >= 4 is 17.2 Å². The normalized spacial score (nSPS) is 11.9. The van der Waals surface area contributed by atoms with Gasteiger partial charge in [-0.3, -0.25) is 9.78 Å². The number of aromatic nitrogens is 2. The molecule has 3 rings (SSSR count). The van der Waals surface area contributed by atoms with Crippen molar-refractivity contribution in [1.82, 2.24) is 15.3 Å². The lowest BCUT2D eigenvalue weighted by Gasteiger charge is -2.12. The number of rotatable bonds is 4. The van der Waals surface area contributed by atoms with Crippen LogP contribution in [0.4, 0.5) is 0 Å². The molecule has 5 heteroatoms. The fourth-order valence-electron chi connectivity index (χ4n) is 2.21. The Bertz CT molecular complexity index is 797. The van der Waals surface area contributed by atoms with Crippen LogP contribution >= 0.6 is 11.3 Å². The Hall–Kier alpha value is -2.53. The highest BCUT2D eigenvalue weighted by atomic mass is 32.1. The topological polar surface area (TPSA) is 54.9 Å². The first-order chi connectivity index (χ1) is 11.1. The Labute approximate surface area is 139 Å². The van der Waals surface area contributed by atoms with Crippen LogP contribution < -0.4 is 5.32 Å². The van der Waals surface area contributed by atoms with E-state index in [4.69, 9.17) is 0 Å². The van der Waals surface area contributed by atoms with Crippen LogP contribution in [-0.4, -0.2) is 15.9 Å². The number of amides is 1. The molecule has 2 heterocycles. The second kappa shape index (κ2) is 6.71. The quantitative estimate of drug-likeness (QED) is 0.789. The van der Waals surface area contributed by atoms with Gasteiger partial charge in [0.05, 0.1) is 6.04 Å². The summed E-state index contributed by atoms with van der Waals surface area (Å²) in [6.45, 7) is 3.99. The molecule has 0 saturated heterocycles. The molecular formula is C18H17N3OS. The third kappa shape index (κ3) is 3.63. The zero-order chi connectivity index (χ0) is 16.2. The van der Waals surface area contributed by atoms with Crippen LogP contribution in [0.15, 0.2) is 54.2 Å². The number of carbonyl (C=O) groups is 1. The summed E-state index contributed by atoms with van der Waals surface area (Å²) >= 11 is 1.48. The number of hydrogen-bond donors (Lipinski definition) is 1. The predicted molar refractivity (Wildman–Crippen MR) is 92.4 cm³/mol. The lowest BCUT2D eigenvalue weighted by molar-refractivity contribution is 0.0935. The number of carbonyl (C=O) groups excluding carboxylic acids is 1. The van der Waals surface area contributed by atoms with Crippen LogP contribution in [0.2, 0.25) is 0 Å². The fraction of sp³-hybridized carbons (Fsp3) is 0.167. The van der Waals surface area contributed by atoms with E-state index in [-0.39, 0.29) is 11.9 Å². The van der Waals surface area contributed by atoms with Gasteiger partial charge in [0.2, 0.25) is 0 Å². The highest BCUT2D eigenvalue weighted by molar-refractivity contribution is 7.13. The number of nitrogens with one attached hydrogen (secondary N) is 1. The summed E-state index contributed by atoms with van der Waals surface area (Å²) in [5.41, 5.74) is 3.70. The molecule has 3 aromatic rings. The maximum atomic E-state index is 12.3. The Kier molecular flexibility index (Phi) is 4.48. The Morgan fingerprint density at radius 3 is 2.52 bits per heavy atom. The largest absolute Gasteiger partial charge is 0.344 e. The lowest BCUT2D eigenvalue weighted by atomic mass is 10.1. The molecule has 1 amide bonds. The molecule has 116 valence electrons. The zero-order valence-corrected chi connectivity index (χ0v) is 13.8. The van der Waals surface area contributed by atoms with Gasteiger partial charge in [0.15, 0.2) is 0 Å². The van der Waals surface area contributed by atoms with Gasteiger partial charge in [0.1, 0.15) is 10.7 Å². The molecule has 0 radical (unpaired) electrons. The van der Waals surface area contributed by atoms with Crippen molar-refractivity contribution in [3.63, 3.8) is 0 Å². The third-order valence-corrected chi connectivity index (χ3v) is 4.48. The maximum absolute atomic E-state index is 12.3. The lowest BCUT2D eigenvalue weighted by Crippen LogP contribution is -2.26. The molecule has 23 heavy (non-hydrogen) atoms. The SMILES string of the molecule is Cc1ccc(-c2nc(C(=O)NC(C)c3ccncc3)cs2)cc1. The average molecular weight is 323 g/mol. The molecule has 1 aromatic carbocycles. The van der Waals surface area contributed by atoms with Gasteiger partial charge in [-0.2, -0.15) is 0 Å². The molecule has 4 nitrogen and oxygen atoms in total. The first-order valence-electron chi connectivity index (χ1n) is 7.37. The van der Waals surface area contributed by atoms with Gasteiger partial charge in [-0.25, -0.2) is 4.98 Å². The minimum absolute atomic E-state index is 0.0879. The Morgan fingerprint density at radius 2 is 1.83 bits per heavy atom. The van der Waals surface area contributed by atoms with Crippen LogP contribution in [0.3, 0.4) is 0 Å². The number of benzene rings is 1. The Balaban J connectivity index is 1.72. The van der Waals surface area contributed by atoms with Crippen molar-refractivity contribution in [2.75, 3.05) is 0 Å². The minimum atomic E-state index is -0.163. The van der Waals surface area contributed by atoms with Gasteiger partial charge >= 0.3 is 0 Å². The van der Waals surface area contributed by atoms with Gasteiger partial charge in [-0.1, -0.05) is 29.8 Å². The van der Waals surface area contributed by atoms with E-state index in [1.165, 1.54) is 16.9 Å². The molecule has 0 aliphatic rings. The van der Waals surface area contributed by atoms with E-state index in [1.54, 1.807) is 17.8 Å². The summed E-state index contributed by atoms with van der Waals surface area (Å²) < 4.78 is 0. The van der Waals surface area contributed by atoms with Gasteiger partial charge in [-0.05, 0) is 31.5 Å². The molecule has 2 aromatic heterocycles. The van der Waals surface area contributed by atoms with E-state index in [1.807, 2.05) is 50.2 Å². The van der Waals surface area contributed by atoms with Crippen LogP contribution in [0.25, 0.3) is 10.6 Å². The van der Waals surface area contributed by atoms with Crippen LogP contribution in [0, 0.1) is 6.92 Å². The molecule has 0 fully saturated rings. The number of hydrogen-bond acceptors (Lipinski definition) is 4. The van der Waals surface area contributed by atoms with Crippen molar-refractivity contribution in [2.24, 2.45) is 0 Å². The molecule has 0 saturated carbocycles. The number of aryl methyl sites for hydroxylation is 1. The van der Waals surface area contributed by atoms with Crippen LogP contribution in [-0.2, 0) is 0 Å². The second-order valence-electron chi connectivity index (χ2n) is 5.38. The van der Waals surface area contributed by atoms with E-state index in [0.29, 0.717) is 5.69 Å². The minimum Gasteiger partial charge on any atom is -0.344 e. The van der Waals surface area contributed by atoms with E-state index in [0.717, 1.165) is 16.1 Å². The third-order valence-electron chi connectivity index (χ3n) is 3.59. The molecule has 1 N–H and O–H groups in total. The van der Waals surface area contributed by atoms with E-state index in [9.17, 15) is 4.79 Å². The van der Waals surface area contributed by atoms with Gasteiger partial charge < -0.3 is 5.32 Å². The highest BCUT2D eigenvalue weighted by Crippen LogP contribution is 2.24. The molecule has 0 aliphatic heterocycles. The van der Waals surface area contributed by atoms with Crippen molar-refractivity contribution in [3.8, 4) is 10.6 Å². The molecule has 0 bridgehead atoms. The van der Waals surface area contributed by atoms with E-state index >= 15 is 0 Å². The highest BCUT2D eigenvalue weighted by Gasteiger charge is 2.15. The summed E-state index contributed by atoms with van der Waals surface area (Å²) in [5.74, 6) is -0.163. The van der Waals surface area contributed by atoms with Gasteiger partial charge in [0, 0.05) is 23.3 Å². The molecule has 0 spiro atoms. The van der Waals surface area contributed by atoms with Crippen LogP contribution in [0.5, 0.6) is 0 Å². The summed E-state index contributed by atoms with van der Waals surface area (Å²) in [6.07, 6.45) is 3.44. The van der Waals surface area contributed by atoms with Gasteiger partial charge in [-0.15, -0.1) is 11.3 Å². The summed E-state index contributed by atoms with van der Waals surface area (Å²) in [4.78, 5) is 20.8. The summed E-state index contributed by atoms with van der Waals surface area (Å²) in [6, 6.07) is 11.8. The average Bonchev–Trinajstić information content (AvgIpc) is 3.06. The van der Waals surface area contributed by atoms with E-state index in [2.05, 4.69) is 15.3 Å².